The van der Waals surface area contributed by atoms with Crippen LogP contribution in [0.4, 0.5) is 10.6 Å². The molecule has 2 aliphatic heterocycles. The minimum atomic E-state index is -1.10. The maximum atomic E-state index is 12.8. The quantitative estimate of drug-likeness (QED) is 0.551. The molecule has 0 bridgehead atoms. The van der Waals surface area contributed by atoms with Crippen molar-refractivity contribution in [2.45, 2.75) is 6.23 Å². The Morgan fingerprint density at radius 3 is 2.64 bits per heavy atom. The first-order valence-electron chi connectivity index (χ1n) is 8.63. The van der Waals surface area contributed by atoms with Crippen molar-refractivity contribution in [3.63, 3.8) is 0 Å². The highest BCUT2D eigenvalue weighted by Gasteiger charge is 2.44. The average molecular weight is 405 g/mol. The predicted molar refractivity (Wildman–Crippen MR) is 98.2 cm³/mol. The van der Waals surface area contributed by atoms with Crippen molar-refractivity contribution in [2.24, 2.45) is 0 Å². The van der Waals surface area contributed by atoms with E-state index in [1.165, 1.54) is 28.4 Å². The molecule has 146 valence electrons. The van der Waals surface area contributed by atoms with Crippen molar-refractivity contribution in [3.8, 4) is 0 Å². The third-order valence-electron chi connectivity index (χ3n) is 4.73. The summed E-state index contributed by atoms with van der Waals surface area (Å²) in [6.07, 6.45) is 2.48. The summed E-state index contributed by atoms with van der Waals surface area (Å²) in [6.45, 7) is 1.09. The maximum absolute atomic E-state index is 12.8. The van der Waals surface area contributed by atoms with Crippen molar-refractivity contribution >= 4 is 29.4 Å². The molecule has 2 aliphatic rings. The first-order chi connectivity index (χ1) is 13.4. The fourth-order valence-electron chi connectivity index (χ4n) is 3.12. The van der Waals surface area contributed by atoms with Gasteiger partial charge >= 0.3 is 6.09 Å². The Balaban J connectivity index is 1.61. The van der Waals surface area contributed by atoms with E-state index in [-0.39, 0.29) is 43.4 Å². The van der Waals surface area contributed by atoms with Crippen LogP contribution in [0.25, 0.3) is 0 Å². The van der Waals surface area contributed by atoms with Crippen molar-refractivity contribution in [1.29, 1.82) is 0 Å². The van der Waals surface area contributed by atoms with Crippen LogP contribution in [0.15, 0.2) is 30.7 Å². The van der Waals surface area contributed by atoms with E-state index >= 15 is 0 Å². The highest BCUT2D eigenvalue weighted by molar-refractivity contribution is 6.30. The molecular weight excluding hydrogens is 388 g/mol. The fourth-order valence-corrected chi connectivity index (χ4v) is 3.23. The van der Waals surface area contributed by atoms with E-state index in [2.05, 4.69) is 15.0 Å². The van der Waals surface area contributed by atoms with Gasteiger partial charge in [0, 0.05) is 18.6 Å². The number of anilines is 1. The normalized spacial score (nSPS) is 20.8. The molecule has 2 amide bonds. The summed E-state index contributed by atoms with van der Waals surface area (Å²) in [5.74, 6) is -0.215. The molecule has 0 unspecified atom stereocenters. The van der Waals surface area contributed by atoms with Crippen LogP contribution < -0.4 is 4.90 Å². The molecule has 2 aromatic rings. The molecule has 11 heteroatoms. The average Bonchev–Trinajstić information content (AvgIpc) is 2.95. The van der Waals surface area contributed by atoms with Crippen molar-refractivity contribution < 1.29 is 19.0 Å². The first-order valence-corrected chi connectivity index (χ1v) is 9.01. The van der Waals surface area contributed by atoms with Gasteiger partial charge in [-0.05, 0) is 12.1 Å². The van der Waals surface area contributed by atoms with Gasteiger partial charge in [0.2, 0.25) is 6.23 Å². The number of aromatic nitrogens is 3. The Labute approximate surface area is 165 Å². The number of likely N-dealkylation sites (N-methyl/N-ethyl adjacent to an activating group) is 1. The summed E-state index contributed by atoms with van der Waals surface area (Å²) in [6, 6.07) is 3.13. The van der Waals surface area contributed by atoms with Crippen LogP contribution in [-0.4, -0.2) is 69.7 Å². The molecule has 2 aromatic heterocycles. The van der Waals surface area contributed by atoms with Crippen LogP contribution in [0.2, 0.25) is 5.02 Å². The minimum absolute atomic E-state index is 0.0968. The third-order valence-corrected chi connectivity index (χ3v) is 4.96. The number of hydrogen-bond donors (Lipinski definition) is 0. The van der Waals surface area contributed by atoms with E-state index in [9.17, 15) is 14.8 Å². The van der Waals surface area contributed by atoms with Crippen molar-refractivity contribution in [3.05, 3.63) is 52.3 Å². The molecule has 0 radical (unpaired) electrons. The molecule has 4 heterocycles. The summed E-state index contributed by atoms with van der Waals surface area (Å²) in [7, 11) is 1.57. The van der Waals surface area contributed by atoms with E-state index in [0.29, 0.717) is 5.02 Å². The number of carbonyl (C=O) groups excluding carboxylic acids is 2. The van der Waals surface area contributed by atoms with Crippen molar-refractivity contribution in [1.82, 2.24) is 19.9 Å². The fraction of sp³-hybridized carbons (Fsp3) is 0.353. The summed E-state index contributed by atoms with van der Waals surface area (Å²) < 4.78 is 5.22. The van der Waals surface area contributed by atoms with E-state index in [1.807, 2.05) is 0 Å². The van der Waals surface area contributed by atoms with Crippen LogP contribution in [0.3, 0.4) is 0 Å². The number of rotatable bonds is 2. The second-order valence-electron chi connectivity index (χ2n) is 6.77. The molecule has 1 fully saturated rings. The number of nitrogens with zero attached hydrogens (tertiary/aromatic N) is 6. The topological polar surface area (TPSA) is 112 Å². The SMILES string of the molecule is C[N+]1([O-])CCN(C(=O)O[C@@H]2c3nccnc3C(=O)N2c2ccc(Cl)cn2)CC1. The van der Waals surface area contributed by atoms with E-state index < -0.39 is 22.9 Å². The lowest BCUT2D eigenvalue weighted by molar-refractivity contribution is -0.864. The van der Waals surface area contributed by atoms with Crippen LogP contribution in [-0.2, 0) is 4.74 Å². The van der Waals surface area contributed by atoms with E-state index in [0.717, 1.165) is 0 Å². The minimum Gasteiger partial charge on any atom is -0.633 e. The van der Waals surface area contributed by atoms with Gasteiger partial charge in [-0.3, -0.25) is 14.7 Å². The summed E-state index contributed by atoms with van der Waals surface area (Å²) in [4.78, 5) is 40.6. The molecule has 0 N–H and O–H groups in total. The third kappa shape index (κ3) is 3.37. The number of amides is 2. The van der Waals surface area contributed by atoms with Gasteiger partial charge in [-0.15, -0.1) is 0 Å². The standard InChI is InChI=1S/C17H17ClN6O4/c1-24(27)8-6-22(7-9-24)17(26)28-16-14-13(19-4-5-20-14)15(25)23(16)12-3-2-11(18)10-21-12/h2-5,10,16H,6-9H2,1H3/t16-/m1/s1. The Kier molecular flexibility index (Phi) is 4.61. The molecule has 1 saturated heterocycles. The van der Waals surface area contributed by atoms with E-state index in [1.54, 1.807) is 19.2 Å². The monoisotopic (exact) mass is 404 g/mol. The lowest BCUT2D eigenvalue weighted by Gasteiger charge is -2.44. The van der Waals surface area contributed by atoms with Crippen LogP contribution >= 0.6 is 11.6 Å². The zero-order valence-electron chi connectivity index (χ0n) is 15.0. The highest BCUT2D eigenvalue weighted by atomic mass is 35.5. The zero-order valence-corrected chi connectivity index (χ0v) is 15.7. The number of fused-ring (bicyclic) bond motifs is 1. The lowest BCUT2D eigenvalue weighted by atomic mass is 10.3. The van der Waals surface area contributed by atoms with Gasteiger partial charge < -0.3 is 14.6 Å². The molecule has 10 nitrogen and oxygen atoms in total. The number of hydroxylamine groups is 3. The molecule has 4 rings (SSSR count). The number of halogens is 1. The largest absolute Gasteiger partial charge is 0.633 e. The molecule has 28 heavy (non-hydrogen) atoms. The Bertz CT molecular complexity index is 912. The van der Waals surface area contributed by atoms with Gasteiger partial charge in [0.1, 0.15) is 11.5 Å². The summed E-state index contributed by atoms with van der Waals surface area (Å²) in [5.41, 5.74) is 0.332. The van der Waals surface area contributed by atoms with E-state index in [4.69, 9.17) is 16.3 Å². The van der Waals surface area contributed by atoms with Crippen LogP contribution in [0, 0.1) is 5.21 Å². The number of piperazine rings is 1. The van der Waals surface area contributed by atoms with Crippen LogP contribution in [0.1, 0.15) is 22.4 Å². The Morgan fingerprint density at radius 1 is 1.25 bits per heavy atom. The first kappa shape index (κ1) is 18.5. The van der Waals surface area contributed by atoms with Crippen molar-refractivity contribution in [2.75, 3.05) is 38.1 Å². The molecule has 1 atom stereocenters. The molecule has 0 aliphatic carbocycles. The van der Waals surface area contributed by atoms with Gasteiger partial charge in [-0.1, -0.05) is 11.6 Å². The predicted octanol–water partition coefficient (Wildman–Crippen LogP) is 1.58. The summed E-state index contributed by atoms with van der Waals surface area (Å²) >= 11 is 5.88. The van der Waals surface area contributed by atoms with Gasteiger partial charge in [-0.25, -0.2) is 19.7 Å². The van der Waals surface area contributed by atoms with Crippen LogP contribution in [0.5, 0.6) is 0 Å². The second kappa shape index (κ2) is 6.97. The van der Waals surface area contributed by atoms with Gasteiger partial charge in [0.15, 0.2) is 5.69 Å². The second-order valence-corrected chi connectivity index (χ2v) is 7.20. The molecule has 0 aromatic carbocycles. The maximum Gasteiger partial charge on any atom is 0.412 e. The van der Waals surface area contributed by atoms with Gasteiger partial charge in [0.25, 0.3) is 5.91 Å². The zero-order chi connectivity index (χ0) is 19.9. The number of hydrogen-bond acceptors (Lipinski definition) is 7. The number of quaternary nitrogens is 1. The molecule has 0 spiro atoms. The van der Waals surface area contributed by atoms with Gasteiger partial charge in [0.05, 0.1) is 38.2 Å². The molecular formula is C17H17ClN6O4. The Hall–Kier alpha value is -2.82. The number of ether oxygens (including phenoxy) is 1. The molecule has 0 saturated carbocycles. The number of pyridine rings is 1. The highest BCUT2D eigenvalue weighted by Crippen LogP contribution is 2.35. The number of carbonyl (C=O) groups is 2. The van der Waals surface area contributed by atoms with Gasteiger partial charge in [-0.2, -0.15) is 0 Å². The summed E-state index contributed by atoms with van der Waals surface area (Å²) in [5, 5.41) is 12.4. The smallest absolute Gasteiger partial charge is 0.412 e. The lowest BCUT2D eigenvalue weighted by Crippen LogP contribution is -2.55. The Morgan fingerprint density at radius 2 is 1.96 bits per heavy atom.